The van der Waals surface area contributed by atoms with Crippen LogP contribution in [0.15, 0.2) is 4.52 Å². The monoisotopic (exact) mass is 238 g/mol. The van der Waals surface area contributed by atoms with Crippen LogP contribution < -0.4 is 5.73 Å². The lowest BCUT2D eigenvalue weighted by Gasteiger charge is -2.00. The van der Waals surface area contributed by atoms with E-state index in [1.54, 1.807) is 6.92 Å². The molecule has 2 aromatic rings. The van der Waals surface area contributed by atoms with Crippen LogP contribution in [0.2, 0.25) is 0 Å². The molecule has 0 aliphatic carbocycles. The first-order valence-corrected chi connectivity index (χ1v) is 4.76. The number of aromatic nitrogens is 5. The molecular formula is C8H10N6O3. The molecule has 9 nitrogen and oxygen atoms in total. The Morgan fingerprint density at radius 1 is 1.59 bits per heavy atom. The van der Waals surface area contributed by atoms with Crippen molar-refractivity contribution in [3.63, 3.8) is 0 Å². The summed E-state index contributed by atoms with van der Waals surface area (Å²) >= 11 is 0. The average Bonchev–Trinajstić information content (AvgIpc) is 2.85. The lowest BCUT2D eigenvalue weighted by atomic mass is 10.3. The fourth-order valence-electron chi connectivity index (χ4n) is 1.37. The van der Waals surface area contributed by atoms with Crippen molar-refractivity contribution in [3.8, 4) is 0 Å². The molecule has 0 spiro atoms. The van der Waals surface area contributed by atoms with Crippen LogP contribution in [-0.4, -0.2) is 36.2 Å². The number of carbonyl (C=O) groups is 1. The van der Waals surface area contributed by atoms with E-state index in [1.165, 1.54) is 4.68 Å². The van der Waals surface area contributed by atoms with Crippen molar-refractivity contribution in [3.05, 3.63) is 23.1 Å². The maximum atomic E-state index is 10.8. The minimum atomic E-state index is -1.17. The van der Waals surface area contributed by atoms with Gasteiger partial charge in [0.15, 0.2) is 11.5 Å². The Morgan fingerprint density at radius 2 is 2.35 bits per heavy atom. The van der Waals surface area contributed by atoms with Crippen LogP contribution in [0.1, 0.15) is 27.9 Å². The summed E-state index contributed by atoms with van der Waals surface area (Å²) in [6.07, 6.45) is 0. The molecule has 17 heavy (non-hydrogen) atoms. The number of nitrogens with zero attached hydrogens (tertiary/aromatic N) is 5. The molecule has 3 N–H and O–H groups in total. The van der Waals surface area contributed by atoms with Crippen molar-refractivity contribution >= 4 is 5.97 Å². The summed E-state index contributed by atoms with van der Waals surface area (Å²) in [7, 11) is 0. The van der Waals surface area contributed by atoms with E-state index in [1.807, 2.05) is 0 Å². The molecule has 0 saturated heterocycles. The van der Waals surface area contributed by atoms with Gasteiger partial charge in [0.25, 0.3) is 0 Å². The van der Waals surface area contributed by atoms with Gasteiger partial charge < -0.3 is 15.4 Å². The van der Waals surface area contributed by atoms with E-state index in [2.05, 4.69) is 20.5 Å². The first-order chi connectivity index (χ1) is 8.11. The van der Waals surface area contributed by atoms with E-state index in [4.69, 9.17) is 15.4 Å². The van der Waals surface area contributed by atoms with Crippen molar-refractivity contribution < 1.29 is 14.4 Å². The summed E-state index contributed by atoms with van der Waals surface area (Å²) in [6.45, 7) is 1.85. The molecule has 0 atom stereocenters. The zero-order valence-corrected chi connectivity index (χ0v) is 8.99. The second kappa shape index (κ2) is 4.29. The lowest BCUT2D eigenvalue weighted by Crippen LogP contribution is -2.13. The fourth-order valence-corrected chi connectivity index (χ4v) is 1.37. The van der Waals surface area contributed by atoms with Crippen molar-refractivity contribution in [2.75, 3.05) is 0 Å². The van der Waals surface area contributed by atoms with Gasteiger partial charge in [-0.25, -0.2) is 9.48 Å². The van der Waals surface area contributed by atoms with Crippen molar-refractivity contribution in [1.82, 2.24) is 25.1 Å². The largest absolute Gasteiger partial charge is 0.476 e. The fraction of sp³-hybridized carbons (Fsp3) is 0.375. The number of hydrogen-bond donors (Lipinski definition) is 2. The van der Waals surface area contributed by atoms with E-state index >= 15 is 0 Å². The van der Waals surface area contributed by atoms with E-state index in [-0.39, 0.29) is 18.8 Å². The molecule has 0 aliphatic rings. The zero-order valence-electron chi connectivity index (χ0n) is 8.99. The molecule has 9 heteroatoms. The quantitative estimate of drug-likeness (QED) is 0.705. The van der Waals surface area contributed by atoms with Crippen LogP contribution in [0.4, 0.5) is 0 Å². The number of rotatable bonds is 4. The predicted octanol–water partition coefficient (Wildman–Crippen LogP) is -0.825. The molecule has 0 fully saturated rings. The molecule has 90 valence electrons. The van der Waals surface area contributed by atoms with Gasteiger partial charge in [0, 0.05) is 13.5 Å². The van der Waals surface area contributed by atoms with Crippen molar-refractivity contribution in [1.29, 1.82) is 0 Å². The van der Waals surface area contributed by atoms with Crippen LogP contribution in [0.25, 0.3) is 0 Å². The molecule has 2 rings (SSSR count). The summed E-state index contributed by atoms with van der Waals surface area (Å²) in [5.74, 6) is -0.354. The summed E-state index contributed by atoms with van der Waals surface area (Å²) in [4.78, 5) is 14.8. The van der Waals surface area contributed by atoms with Gasteiger partial charge in [-0.2, -0.15) is 4.98 Å². The van der Waals surface area contributed by atoms with E-state index < -0.39 is 5.97 Å². The van der Waals surface area contributed by atoms with Gasteiger partial charge >= 0.3 is 5.97 Å². The molecule has 0 amide bonds. The Kier molecular flexibility index (Phi) is 2.83. The minimum absolute atomic E-state index is 0.0193. The van der Waals surface area contributed by atoms with Gasteiger partial charge in [-0.1, -0.05) is 10.4 Å². The second-order valence-electron chi connectivity index (χ2n) is 3.28. The Balaban J connectivity index is 2.30. The molecule has 0 saturated carbocycles. The smallest absolute Gasteiger partial charge is 0.358 e. The minimum Gasteiger partial charge on any atom is -0.476 e. The number of carboxylic acid groups (broad SMARTS) is 1. The van der Waals surface area contributed by atoms with Gasteiger partial charge in [-0.15, -0.1) is 5.10 Å². The lowest BCUT2D eigenvalue weighted by molar-refractivity contribution is 0.0689. The van der Waals surface area contributed by atoms with Crippen molar-refractivity contribution in [2.45, 2.75) is 20.0 Å². The number of carboxylic acids is 1. The summed E-state index contributed by atoms with van der Waals surface area (Å²) < 4.78 is 6.14. The standard InChI is InChI=1S/C8H10N6O3/c1-4-10-6(12-17-4)3-14-5(2-9)7(8(15)16)11-13-14/h2-3,9H2,1H3,(H,15,16). The van der Waals surface area contributed by atoms with E-state index in [0.29, 0.717) is 17.4 Å². The normalized spacial score (nSPS) is 10.7. The van der Waals surface area contributed by atoms with Gasteiger partial charge in [-0.3, -0.25) is 0 Å². The van der Waals surface area contributed by atoms with Gasteiger partial charge in [0.1, 0.15) is 6.54 Å². The van der Waals surface area contributed by atoms with Gasteiger partial charge in [0.2, 0.25) is 5.89 Å². The molecule has 0 aromatic carbocycles. The molecule has 2 aromatic heterocycles. The van der Waals surface area contributed by atoms with Gasteiger partial charge in [0.05, 0.1) is 5.69 Å². The van der Waals surface area contributed by atoms with Crippen LogP contribution in [0.3, 0.4) is 0 Å². The molecule has 0 bridgehead atoms. The molecular weight excluding hydrogens is 228 g/mol. The first kappa shape index (κ1) is 11.2. The van der Waals surface area contributed by atoms with E-state index in [9.17, 15) is 4.79 Å². The molecule has 0 aliphatic heterocycles. The Hall–Kier alpha value is -2.29. The van der Waals surface area contributed by atoms with Crippen LogP contribution >= 0.6 is 0 Å². The highest BCUT2D eigenvalue weighted by molar-refractivity contribution is 5.86. The van der Waals surface area contributed by atoms with E-state index in [0.717, 1.165) is 0 Å². The second-order valence-corrected chi connectivity index (χ2v) is 3.28. The summed E-state index contributed by atoms with van der Waals surface area (Å²) in [5, 5.41) is 19.8. The number of aromatic carboxylic acids is 1. The SMILES string of the molecule is Cc1nc(Cn2nnc(C(=O)O)c2CN)no1. The number of hydrogen-bond acceptors (Lipinski definition) is 7. The zero-order chi connectivity index (χ0) is 12.4. The Morgan fingerprint density at radius 3 is 2.88 bits per heavy atom. The summed E-state index contributed by atoms with van der Waals surface area (Å²) in [6, 6.07) is 0. The highest BCUT2D eigenvalue weighted by atomic mass is 16.5. The van der Waals surface area contributed by atoms with Crippen LogP contribution in [0.5, 0.6) is 0 Å². The highest BCUT2D eigenvalue weighted by Crippen LogP contribution is 2.07. The third-order valence-electron chi connectivity index (χ3n) is 2.09. The predicted molar refractivity (Wildman–Crippen MR) is 53.0 cm³/mol. The third kappa shape index (κ3) is 2.13. The first-order valence-electron chi connectivity index (χ1n) is 4.76. The number of aryl methyl sites for hydroxylation is 1. The van der Waals surface area contributed by atoms with Crippen molar-refractivity contribution in [2.24, 2.45) is 5.73 Å². The maximum absolute atomic E-state index is 10.8. The number of nitrogens with two attached hydrogens (primary N) is 1. The Bertz CT molecular complexity index is 545. The highest BCUT2D eigenvalue weighted by Gasteiger charge is 2.18. The molecule has 0 unspecified atom stereocenters. The van der Waals surface area contributed by atoms with Crippen LogP contribution in [-0.2, 0) is 13.1 Å². The topological polar surface area (TPSA) is 133 Å². The Labute approximate surface area is 95.2 Å². The average molecular weight is 238 g/mol. The summed E-state index contributed by atoms with van der Waals surface area (Å²) in [5.41, 5.74) is 5.62. The molecule has 2 heterocycles. The maximum Gasteiger partial charge on any atom is 0.358 e. The molecule has 0 radical (unpaired) electrons. The van der Waals surface area contributed by atoms with Crippen LogP contribution in [0, 0.1) is 6.92 Å². The van der Waals surface area contributed by atoms with Gasteiger partial charge in [-0.05, 0) is 0 Å². The third-order valence-corrected chi connectivity index (χ3v) is 2.09.